The van der Waals surface area contributed by atoms with Gasteiger partial charge in [-0.2, -0.15) is 9.13 Å². The average Bonchev–Trinajstić information content (AvgIpc) is 3.38. The van der Waals surface area contributed by atoms with Crippen molar-refractivity contribution in [1.82, 2.24) is 9.13 Å². The zero-order chi connectivity index (χ0) is 17.7. The monoisotopic (exact) mass is 350 g/mol. The summed E-state index contributed by atoms with van der Waals surface area (Å²) in [4.78, 5) is 0. The standard InChI is InChI=1S/C23H18N4/c1-22(2)13-20-11-18-6-5-16-9-14-3-4-15-10-17-7-8-19-12-21(22)27(20)23(24(14)15,25(16)18)26(17)19/h3-12H,13H2,1-2H3/q+2/t23-/m1/s1. The molecule has 0 aliphatic carbocycles. The van der Waals surface area contributed by atoms with Crippen LogP contribution in [0.25, 0.3) is 24.3 Å². The predicted octanol–water partition coefficient (Wildman–Crippen LogP) is 1.61. The van der Waals surface area contributed by atoms with Crippen LogP contribution >= 0.6 is 0 Å². The van der Waals surface area contributed by atoms with Crippen molar-refractivity contribution in [1.29, 1.82) is 0 Å². The van der Waals surface area contributed by atoms with Gasteiger partial charge in [0.05, 0.1) is 27.5 Å². The minimum atomic E-state index is -0.415. The number of aromatic nitrogens is 2. The van der Waals surface area contributed by atoms with Crippen LogP contribution in [0.3, 0.4) is 0 Å². The number of hydrogen-bond donors (Lipinski definition) is 0. The minimum absolute atomic E-state index is 0.121. The maximum absolute atomic E-state index is 2.62. The van der Waals surface area contributed by atoms with Gasteiger partial charge < -0.3 is 0 Å². The fourth-order valence-corrected chi connectivity index (χ4v) is 6.15. The molecule has 0 bridgehead atoms. The quantitative estimate of drug-likeness (QED) is 0.642. The number of rotatable bonds is 0. The summed E-state index contributed by atoms with van der Waals surface area (Å²) in [6, 6.07) is 9.10. The first-order valence-corrected chi connectivity index (χ1v) is 9.68. The van der Waals surface area contributed by atoms with Gasteiger partial charge >= 0.3 is 5.91 Å². The molecule has 0 N–H and O–H groups in total. The molecule has 6 aliphatic heterocycles. The molecule has 0 saturated heterocycles. The van der Waals surface area contributed by atoms with E-state index >= 15 is 0 Å². The van der Waals surface area contributed by atoms with E-state index in [-0.39, 0.29) is 5.41 Å². The third-order valence-corrected chi connectivity index (χ3v) is 7.06. The van der Waals surface area contributed by atoms with E-state index < -0.39 is 5.91 Å². The van der Waals surface area contributed by atoms with Crippen molar-refractivity contribution < 1.29 is 9.15 Å². The molecular weight excluding hydrogens is 332 g/mol. The second kappa shape index (κ2) is 3.50. The Labute approximate surface area is 156 Å². The molecule has 4 heteroatoms. The molecule has 2 aromatic heterocycles. The molecule has 2 aromatic rings. The molecular formula is C23H18N4+2. The van der Waals surface area contributed by atoms with Crippen LogP contribution in [0.4, 0.5) is 0 Å². The van der Waals surface area contributed by atoms with Gasteiger partial charge in [0, 0.05) is 42.9 Å². The lowest BCUT2D eigenvalue weighted by Gasteiger charge is -2.38. The fourth-order valence-electron chi connectivity index (χ4n) is 6.15. The zero-order valence-corrected chi connectivity index (χ0v) is 15.3. The van der Waals surface area contributed by atoms with Gasteiger partial charge in [0.15, 0.2) is 5.71 Å². The van der Waals surface area contributed by atoms with Crippen LogP contribution in [-0.2, 0) is 5.91 Å². The molecule has 0 unspecified atom stereocenters. The molecule has 128 valence electrons. The highest BCUT2D eigenvalue weighted by atomic mass is 15.6. The lowest BCUT2D eigenvalue weighted by molar-refractivity contribution is -0.836. The highest BCUT2D eigenvalue weighted by Gasteiger charge is 2.71. The molecule has 0 saturated carbocycles. The first kappa shape index (κ1) is 13.1. The number of hydrogen-bond acceptors (Lipinski definition) is 0. The predicted molar refractivity (Wildman–Crippen MR) is 104 cm³/mol. The highest BCUT2D eigenvalue weighted by Crippen LogP contribution is 2.50. The minimum Gasteiger partial charge on any atom is -0.199 e. The summed E-state index contributed by atoms with van der Waals surface area (Å²) in [5.41, 5.74) is 8.08. The normalized spacial score (nSPS) is 28.5. The lowest BCUT2D eigenvalue weighted by Crippen LogP contribution is -2.69. The second-order valence-corrected chi connectivity index (χ2v) is 9.01. The van der Waals surface area contributed by atoms with Crippen LogP contribution in [0.5, 0.6) is 0 Å². The first-order valence-electron chi connectivity index (χ1n) is 9.68. The van der Waals surface area contributed by atoms with E-state index in [9.17, 15) is 0 Å². The van der Waals surface area contributed by atoms with Crippen LogP contribution in [0.2, 0.25) is 0 Å². The molecule has 6 aliphatic rings. The Balaban J connectivity index is 1.72. The van der Waals surface area contributed by atoms with E-state index in [1.54, 1.807) is 0 Å². The SMILES string of the molecule is CC1(C)CC2=[N+]3C1=Cc1ccc4n1[C@@]31n3c(ccc3=C2)=CC2=[N+]1C(=C4)C=C2. The van der Waals surface area contributed by atoms with Gasteiger partial charge in [-0.3, -0.25) is 0 Å². The van der Waals surface area contributed by atoms with Gasteiger partial charge in [-0.15, -0.1) is 0 Å². The first-order chi connectivity index (χ1) is 13.1. The summed E-state index contributed by atoms with van der Waals surface area (Å²) in [6.45, 7) is 4.76. The Morgan fingerprint density at radius 1 is 0.815 bits per heavy atom. The third kappa shape index (κ3) is 1.11. The van der Waals surface area contributed by atoms with Crippen molar-refractivity contribution in [3.05, 3.63) is 69.9 Å². The molecule has 0 aromatic carbocycles. The van der Waals surface area contributed by atoms with E-state index in [1.807, 2.05) is 0 Å². The van der Waals surface area contributed by atoms with E-state index in [0.29, 0.717) is 0 Å². The van der Waals surface area contributed by atoms with E-state index in [0.717, 1.165) is 6.42 Å². The molecule has 0 radical (unpaired) electrons. The summed E-state index contributed by atoms with van der Waals surface area (Å²) in [6.07, 6.45) is 15.0. The Kier molecular flexibility index (Phi) is 1.70. The fraction of sp³-hybridized carbons (Fsp3) is 0.217. The number of allylic oxidation sites excluding steroid dienone is 3. The van der Waals surface area contributed by atoms with Crippen LogP contribution in [0.1, 0.15) is 31.7 Å². The summed E-state index contributed by atoms with van der Waals surface area (Å²) in [5, 5.41) is 2.57. The van der Waals surface area contributed by atoms with Crippen molar-refractivity contribution >= 4 is 35.7 Å². The molecule has 1 atom stereocenters. The smallest absolute Gasteiger partial charge is 0.199 e. The van der Waals surface area contributed by atoms with Gasteiger partial charge in [0.2, 0.25) is 17.1 Å². The van der Waals surface area contributed by atoms with E-state index in [1.165, 1.54) is 44.9 Å². The lowest BCUT2D eigenvalue weighted by atomic mass is 9.86. The Hall–Kier alpha value is -3.14. The van der Waals surface area contributed by atoms with Crippen molar-refractivity contribution in [3.63, 3.8) is 0 Å². The van der Waals surface area contributed by atoms with Gasteiger partial charge in [0.25, 0.3) is 0 Å². The van der Waals surface area contributed by atoms with Crippen LogP contribution in [-0.4, -0.2) is 29.7 Å². The van der Waals surface area contributed by atoms with Gasteiger partial charge in [0.1, 0.15) is 0 Å². The summed E-state index contributed by atoms with van der Waals surface area (Å²) < 4.78 is 10.2. The summed E-state index contributed by atoms with van der Waals surface area (Å²) >= 11 is 0. The molecule has 27 heavy (non-hydrogen) atoms. The summed E-state index contributed by atoms with van der Waals surface area (Å²) in [7, 11) is 0. The highest BCUT2D eigenvalue weighted by molar-refractivity contribution is 6.16. The maximum atomic E-state index is 2.62. The molecule has 8 heterocycles. The largest absolute Gasteiger partial charge is 0.553 e. The maximum Gasteiger partial charge on any atom is 0.553 e. The van der Waals surface area contributed by atoms with Crippen molar-refractivity contribution in [2.24, 2.45) is 5.41 Å². The Bertz CT molecular complexity index is 1460. The van der Waals surface area contributed by atoms with Gasteiger partial charge in [-0.05, 0) is 38.1 Å². The topological polar surface area (TPSA) is 15.9 Å². The molecule has 1 spiro atoms. The van der Waals surface area contributed by atoms with Crippen molar-refractivity contribution in [2.75, 3.05) is 0 Å². The van der Waals surface area contributed by atoms with Crippen molar-refractivity contribution in [2.45, 2.75) is 26.2 Å². The van der Waals surface area contributed by atoms with Crippen LogP contribution < -0.4 is 10.7 Å². The molecule has 8 rings (SSSR count). The Morgan fingerprint density at radius 2 is 1.59 bits per heavy atom. The third-order valence-electron chi connectivity index (χ3n) is 7.06. The average molecular weight is 350 g/mol. The van der Waals surface area contributed by atoms with Crippen LogP contribution in [0, 0.1) is 5.41 Å². The van der Waals surface area contributed by atoms with E-state index in [4.69, 9.17) is 0 Å². The van der Waals surface area contributed by atoms with Crippen LogP contribution in [0.15, 0.2) is 47.8 Å². The molecule has 0 fully saturated rings. The number of nitrogens with zero attached hydrogens (tertiary/aromatic N) is 4. The molecule has 0 amide bonds. The molecule has 4 nitrogen and oxygen atoms in total. The van der Waals surface area contributed by atoms with Gasteiger partial charge in [-0.1, -0.05) is 9.15 Å². The van der Waals surface area contributed by atoms with Crippen molar-refractivity contribution in [3.8, 4) is 0 Å². The zero-order valence-electron chi connectivity index (χ0n) is 15.3. The second-order valence-electron chi connectivity index (χ2n) is 9.01. The van der Waals surface area contributed by atoms with Gasteiger partial charge in [-0.25, -0.2) is 0 Å². The summed E-state index contributed by atoms with van der Waals surface area (Å²) in [5.74, 6) is -0.415. The van der Waals surface area contributed by atoms with E-state index in [2.05, 4.69) is 92.9 Å². The Morgan fingerprint density at radius 3 is 2.44 bits per heavy atom.